The Bertz CT molecular complexity index is 960. The van der Waals surface area contributed by atoms with Crippen LogP contribution in [0.1, 0.15) is 16.8 Å². The summed E-state index contributed by atoms with van der Waals surface area (Å²) in [5, 5.41) is 7.92. The number of halogens is 2. The van der Waals surface area contributed by atoms with Gasteiger partial charge < -0.3 is 9.47 Å². The van der Waals surface area contributed by atoms with E-state index in [4.69, 9.17) is 32.7 Å². The number of methoxy groups -OCH3 is 1. The highest BCUT2D eigenvalue weighted by Crippen LogP contribution is 2.31. The summed E-state index contributed by atoms with van der Waals surface area (Å²) in [6, 6.07) is 11.0. The van der Waals surface area contributed by atoms with Gasteiger partial charge in [0, 0.05) is 10.9 Å². The van der Waals surface area contributed by atoms with Crippen molar-refractivity contribution in [2.45, 2.75) is 13.5 Å². The fourth-order valence-electron chi connectivity index (χ4n) is 2.30. The molecule has 1 heterocycles. The van der Waals surface area contributed by atoms with Crippen LogP contribution >= 0.6 is 34.5 Å². The summed E-state index contributed by atoms with van der Waals surface area (Å²) in [5.41, 5.74) is 5.53. The molecule has 0 aliphatic rings. The number of ether oxygens (including phenoxy) is 2. The molecule has 0 fully saturated rings. The average Bonchev–Trinajstić information content (AvgIpc) is 3.08. The smallest absolute Gasteiger partial charge is 0.203 e. The number of hydrogen-bond acceptors (Lipinski definition) is 6. The summed E-state index contributed by atoms with van der Waals surface area (Å²) in [4.78, 5) is 4.30. The third-order valence-corrected chi connectivity index (χ3v) is 5.18. The Morgan fingerprint density at radius 1 is 1.22 bits per heavy atom. The average molecular weight is 422 g/mol. The predicted octanol–water partition coefficient (Wildman–Crippen LogP) is 5.79. The summed E-state index contributed by atoms with van der Waals surface area (Å²) in [7, 11) is 1.60. The first-order valence-electron chi connectivity index (χ1n) is 8.01. The second kappa shape index (κ2) is 9.08. The van der Waals surface area contributed by atoms with Crippen molar-refractivity contribution in [2.75, 3.05) is 12.5 Å². The molecule has 0 bridgehead atoms. The molecule has 5 nitrogen and oxygen atoms in total. The van der Waals surface area contributed by atoms with Crippen LogP contribution in [0.2, 0.25) is 10.0 Å². The van der Waals surface area contributed by atoms with Gasteiger partial charge in [-0.25, -0.2) is 4.98 Å². The Morgan fingerprint density at radius 3 is 2.78 bits per heavy atom. The maximum absolute atomic E-state index is 6.07. The molecule has 27 heavy (non-hydrogen) atoms. The highest BCUT2D eigenvalue weighted by molar-refractivity contribution is 7.13. The van der Waals surface area contributed by atoms with Gasteiger partial charge in [-0.3, -0.25) is 5.43 Å². The molecule has 0 spiro atoms. The van der Waals surface area contributed by atoms with Gasteiger partial charge in [-0.1, -0.05) is 35.3 Å². The first-order chi connectivity index (χ1) is 13.1. The Hall–Kier alpha value is -2.28. The van der Waals surface area contributed by atoms with Crippen LogP contribution in [0, 0.1) is 6.92 Å². The van der Waals surface area contributed by atoms with Crippen LogP contribution in [0.25, 0.3) is 0 Å². The van der Waals surface area contributed by atoms with Crippen LogP contribution < -0.4 is 14.9 Å². The number of hydrazone groups is 1. The van der Waals surface area contributed by atoms with Gasteiger partial charge >= 0.3 is 0 Å². The molecule has 3 aromatic rings. The number of aromatic nitrogens is 1. The van der Waals surface area contributed by atoms with Crippen molar-refractivity contribution in [2.24, 2.45) is 5.10 Å². The highest BCUT2D eigenvalue weighted by atomic mass is 35.5. The molecule has 8 heteroatoms. The molecule has 0 radical (unpaired) electrons. The third-order valence-electron chi connectivity index (χ3n) is 3.58. The maximum atomic E-state index is 6.07. The number of hydrogen-bond donors (Lipinski definition) is 1. The van der Waals surface area contributed by atoms with Crippen molar-refractivity contribution >= 4 is 45.9 Å². The van der Waals surface area contributed by atoms with E-state index in [9.17, 15) is 0 Å². The first-order valence-corrected chi connectivity index (χ1v) is 9.65. The van der Waals surface area contributed by atoms with E-state index in [0.29, 0.717) is 28.2 Å². The Kier molecular flexibility index (Phi) is 6.55. The van der Waals surface area contributed by atoms with Gasteiger partial charge in [-0.05, 0) is 36.8 Å². The molecule has 1 N–H and O–H groups in total. The Labute approximate surface area is 171 Å². The van der Waals surface area contributed by atoms with E-state index in [1.807, 2.05) is 36.6 Å². The largest absolute Gasteiger partial charge is 0.493 e. The lowest BCUT2D eigenvalue weighted by molar-refractivity contribution is 0.284. The van der Waals surface area contributed by atoms with Gasteiger partial charge in [0.15, 0.2) is 11.5 Å². The van der Waals surface area contributed by atoms with Gasteiger partial charge in [-0.2, -0.15) is 5.10 Å². The lowest BCUT2D eigenvalue weighted by atomic mass is 10.2. The van der Waals surface area contributed by atoms with E-state index < -0.39 is 0 Å². The van der Waals surface area contributed by atoms with Gasteiger partial charge in [-0.15, -0.1) is 11.3 Å². The molecule has 2 aromatic carbocycles. The van der Waals surface area contributed by atoms with Crippen LogP contribution in [0.3, 0.4) is 0 Å². The highest BCUT2D eigenvalue weighted by Gasteiger charge is 2.10. The zero-order chi connectivity index (χ0) is 19.2. The topological polar surface area (TPSA) is 55.7 Å². The monoisotopic (exact) mass is 421 g/mol. The van der Waals surface area contributed by atoms with Crippen molar-refractivity contribution in [3.8, 4) is 11.5 Å². The molecule has 140 valence electrons. The van der Waals surface area contributed by atoms with Crippen molar-refractivity contribution in [3.05, 3.63) is 68.6 Å². The summed E-state index contributed by atoms with van der Waals surface area (Å²) in [6.45, 7) is 2.25. The molecule has 1 aromatic heterocycles. The molecular weight excluding hydrogens is 405 g/mol. The predicted molar refractivity (Wildman–Crippen MR) is 112 cm³/mol. The minimum atomic E-state index is 0.317. The van der Waals surface area contributed by atoms with E-state index >= 15 is 0 Å². The number of thiazole rings is 1. The number of nitrogens with one attached hydrogen (secondary N) is 1. The number of rotatable bonds is 7. The van der Waals surface area contributed by atoms with Crippen LogP contribution in [-0.2, 0) is 6.61 Å². The van der Waals surface area contributed by atoms with Crippen molar-refractivity contribution < 1.29 is 9.47 Å². The molecule has 0 saturated heterocycles. The number of nitrogens with zero attached hydrogens (tertiary/aromatic N) is 2. The van der Waals surface area contributed by atoms with Gasteiger partial charge in [0.25, 0.3) is 0 Å². The first kappa shape index (κ1) is 19.5. The van der Waals surface area contributed by atoms with Gasteiger partial charge in [0.1, 0.15) is 6.61 Å². The third kappa shape index (κ3) is 5.13. The second-order valence-electron chi connectivity index (χ2n) is 5.58. The fourth-order valence-corrected chi connectivity index (χ4v) is 3.25. The molecule has 0 aliphatic heterocycles. The summed E-state index contributed by atoms with van der Waals surface area (Å²) in [6.07, 6.45) is 1.67. The summed E-state index contributed by atoms with van der Waals surface area (Å²) < 4.78 is 11.4. The van der Waals surface area contributed by atoms with Crippen LogP contribution in [0.4, 0.5) is 5.13 Å². The Balaban J connectivity index is 1.77. The molecule has 3 rings (SSSR count). The molecule has 0 saturated carbocycles. The molecule has 0 aliphatic carbocycles. The normalized spacial score (nSPS) is 11.0. The lowest BCUT2D eigenvalue weighted by Gasteiger charge is -2.13. The van der Waals surface area contributed by atoms with Crippen LogP contribution in [0.15, 0.2) is 46.9 Å². The molecule has 0 amide bonds. The van der Waals surface area contributed by atoms with E-state index in [0.717, 1.165) is 22.0 Å². The summed E-state index contributed by atoms with van der Waals surface area (Å²) >= 11 is 13.5. The molecular formula is C19H17Cl2N3O2S. The number of para-hydroxylation sites is 1. The molecule has 0 unspecified atom stereocenters. The van der Waals surface area contributed by atoms with Gasteiger partial charge in [0.05, 0.1) is 29.1 Å². The van der Waals surface area contributed by atoms with E-state index in [2.05, 4.69) is 15.5 Å². The van der Waals surface area contributed by atoms with Gasteiger partial charge in [0.2, 0.25) is 5.13 Å². The number of aryl methyl sites for hydroxylation is 1. The van der Waals surface area contributed by atoms with Crippen LogP contribution in [0.5, 0.6) is 11.5 Å². The number of anilines is 1. The SMILES string of the molecule is COc1cccc(C=NNc2nc(C)cs2)c1OCc1ccc(Cl)c(Cl)c1. The molecule has 0 atom stereocenters. The van der Waals surface area contributed by atoms with Crippen molar-refractivity contribution in [1.82, 2.24) is 4.98 Å². The summed E-state index contributed by atoms with van der Waals surface area (Å²) in [5.74, 6) is 1.20. The fraction of sp³-hybridized carbons (Fsp3) is 0.158. The second-order valence-corrected chi connectivity index (χ2v) is 7.25. The lowest BCUT2D eigenvalue weighted by Crippen LogP contribution is -2.01. The standard InChI is InChI=1S/C19H17Cl2N3O2S/c1-12-11-27-19(23-12)24-22-9-14-4-3-5-17(25-2)18(14)26-10-13-6-7-15(20)16(21)8-13/h3-9,11H,10H2,1-2H3,(H,23,24). The number of benzene rings is 2. The zero-order valence-electron chi connectivity index (χ0n) is 14.7. The zero-order valence-corrected chi connectivity index (χ0v) is 17.0. The van der Waals surface area contributed by atoms with E-state index in [-0.39, 0.29) is 0 Å². The minimum Gasteiger partial charge on any atom is -0.493 e. The Morgan fingerprint density at radius 2 is 2.07 bits per heavy atom. The maximum Gasteiger partial charge on any atom is 0.203 e. The minimum absolute atomic E-state index is 0.317. The van der Waals surface area contributed by atoms with Crippen molar-refractivity contribution in [1.29, 1.82) is 0 Å². The van der Waals surface area contributed by atoms with Crippen molar-refractivity contribution in [3.63, 3.8) is 0 Å². The van der Waals surface area contributed by atoms with E-state index in [1.165, 1.54) is 11.3 Å². The van der Waals surface area contributed by atoms with Crippen LogP contribution in [-0.4, -0.2) is 18.3 Å². The van der Waals surface area contributed by atoms with E-state index in [1.54, 1.807) is 25.5 Å². The quantitative estimate of drug-likeness (QED) is 0.387.